The Labute approximate surface area is 173 Å². The van der Waals surface area contributed by atoms with Crippen molar-refractivity contribution >= 4 is 57.3 Å². The SMILES string of the molecule is C#CCOc1ccc(/C=N\NC(=O)c2ccc(I)c(OC)c2)cc1I. The van der Waals surface area contributed by atoms with Crippen LogP contribution >= 0.6 is 45.2 Å². The van der Waals surface area contributed by atoms with Gasteiger partial charge in [0.15, 0.2) is 0 Å². The Hall–Kier alpha value is -1.80. The molecule has 5 nitrogen and oxygen atoms in total. The summed E-state index contributed by atoms with van der Waals surface area (Å²) < 4.78 is 12.5. The summed E-state index contributed by atoms with van der Waals surface area (Å²) in [6.07, 6.45) is 6.74. The number of hydrogen-bond donors (Lipinski definition) is 1. The molecule has 0 saturated carbocycles. The Morgan fingerprint density at radius 1 is 1.24 bits per heavy atom. The quantitative estimate of drug-likeness (QED) is 0.254. The summed E-state index contributed by atoms with van der Waals surface area (Å²) in [5.74, 6) is 3.47. The van der Waals surface area contributed by atoms with Crippen LogP contribution in [0.25, 0.3) is 0 Å². The Balaban J connectivity index is 2.02. The molecule has 0 aromatic heterocycles. The van der Waals surface area contributed by atoms with Crippen molar-refractivity contribution in [1.82, 2.24) is 5.43 Å². The van der Waals surface area contributed by atoms with E-state index in [1.54, 1.807) is 25.5 Å². The monoisotopic (exact) mass is 560 g/mol. The molecule has 0 fully saturated rings. The van der Waals surface area contributed by atoms with Gasteiger partial charge in [0.2, 0.25) is 0 Å². The van der Waals surface area contributed by atoms with Crippen molar-refractivity contribution in [3.05, 3.63) is 54.7 Å². The number of benzene rings is 2. The van der Waals surface area contributed by atoms with Gasteiger partial charge in [0, 0.05) is 5.56 Å². The van der Waals surface area contributed by atoms with Crippen LogP contribution in [-0.4, -0.2) is 25.8 Å². The molecule has 0 aliphatic rings. The maximum atomic E-state index is 12.1. The molecule has 0 unspecified atom stereocenters. The molecule has 0 spiro atoms. The molecule has 25 heavy (non-hydrogen) atoms. The van der Waals surface area contributed by atoms with E-state index in [2.05, 4.69) is 61.6 Å². The Kier molecular flexibility index (Phi) is 7.52. The fourth-order valence-corrected chi connectivity index (χ4v) is 3.12. The van der Waals surface area contributed by atoms with Crippen molar-refractivity contribution in [3.8, 4) is 23.8 Å². The van der Waals surface area contributed by atoms with Gasteiger partial charge < -0.3 is 9.47 Å². The minimum Gasteiger partial charge on any atom is -0.496 e. The zero-order chi connectivity index (χ0) is 18.2. The summed E-state index contributed by atoms with van der Waals surface area (Å²) in [7, 11) is 1.57. The molecule has 128 valence electrons. The van der Waals surface area contributed by atoms with Crippen LogP contribution in [0, 0.1) is 19.5 Å². The van der Waals surface area contributed by atoms with Crippen LogP contribution in [0.2, 0.25) is 0 Å². The standard InChI is InChI=1S/C18H14I2N2O3/c1-3-8-25-16-7-4-12(9-15(16)20)11-21-22-18(23)13-5-6-14(19)17(10-13)24-2/h1,4-7,9-11H,8H2,2H3,(H,22,23)/b21-11-. The third-order valence-corrected chi connectivity index (χ3v) is 4.79. The smallest absolute Gasteiger partial charge is 0.271 e. The number of methoxy groups -OCH3 is 1. The Morgan fingerprint density at radius 3 is 2.72 bits per heavy atom. The molecule has 0 atom stereocenters. The van der Waals surface area contributed by atoms with Crippen molar-refractivity contribution < 1.29 is 14.3 Å². The number of carbonyl (C=O) groups is 1. The van der Waals surface area contributed by atoms with Crippen molar-refractivity contribution in [2.75, 3.05) is 13.7 Å². The van der Waals surface area contributed by atoms with Gasteiger partial charge in [-0.05, 0) is 87.1 Å². The van der Waals surface area contributed by atoms with Crippen molar-refractivity contribution in [2.45, 2.75) is 0 Å². The molecule has 1 amide bonds. The fraction of sp³-hybridized carbons (Fsp3) is 0.111. The summed E-state index contributed by atoms with van der Waals surface area (Å²) >= 11 is 4.30. The van der Waals surface area contributed by atoms with Gasteiger partial charge in [0.1, 0.15) is 18.1 Å². The Morgan fingerprint density at radius 2 is 2.04 bits per heavy atom. The highest BCUT2D eigenvalue weighted by atomic mass is 127. The van der Waals surface area contributed by atoms with Crippen LogP contribution in [0.3, 0.4) is 0 Å². The average Bonchev–Trinajstić information content (AvgIpc) is 2.61. The van der Waals surface area contributed by atoms with Gasteiger partial charge in [-0.2, -0.15) is 5.10 Å². The molecule has 0 bridgehead atoms. The molecule has 0 aliphatic heterocycles. The third-order valence-electron chi connectivity index (χ3n) is 3.06. The van der Waals surface area contributed by atoms with Gasteiger partial charge in [0.05, 0.1) is 20.5 Å². The summed E-state index contributed by atoms with van der Waals surface area (Å²) in [5, 5.41) is 3.99. The van der Waals surface area contributed by atoms with Crippen molar-refractivity contribution in [1.29, 1.82) is 0 Å². The second-order valence-electron chi connectivity index (χ2n) is 4.73. The number of terminal acetylenes is 1. The molecule has 1 N–H and O–H groups in total. The molecule has 0 heterocycles. The topological polar surface area (TPSA) is 59.9 Å². The number of amides is 1. The fourth-order valence-electron chi connectivity index (χ4n) is 1.86. The van der Waals surface area contributed by atoms with Gasteiger partial charge in [0.25, 0.3) is 5.91 Å². The summed E-state index contributed by atoms with van der Waals surface area (Å²) in [5.41, 5.74) is 3.80. The largest absolute Gasteiger partial charge is 0.496 e. The lowest BCUT2D eigenvalue weighted by Crippen LogP contribution is -2.17. The van der Waals surface area contributed by atoms with E-state index in [4.69, 9.17) is 15.9 Å². The molecular formula is C18H14I2N2O3. The molecular weight excluding hydrogens is 546 g/mol. The number of hydrazone groups is 1. The molecule has 0 radical (unpaired) electrons. The van der Waals surface area contributed by atoms with E-state index >= 15 is 0 Å². The summed E-state index contributed by atoms with van der Waals surface area (Å²) in [6.45, 7) is 0.221. The van der Waals surface area contributed by atoms with Crippen LogP contribution in [0.5, 0.6) is 11.5 Å². The van der Waals surface area contributed by atoms with Crippen LogP contribution in [0.1, 0.15) is 15.9 Å². The van der Waals surface area contributed by atoms with Crippen molar-refractivity contribution in [2.24, 2.45) is 5.10 Å². The number of nitrogens with zero attached hydrogens (tertiary/aromatic N) is 1. The zero-order valence-electron chi connectivity index (χ0n) is 13.3. The van der Waals surface area contributed by atoms with E-state index < -0.39 is 0 Å². The molecule has 0 aliphatic carbocycles. The molecule has 2 rings (SSSR count). The number of hydrogen-bond acceptors (Lipinski definition) is 4. The maximum absolute atomic E-state index is 12.1. The minimum atomic E-state index is -0.311. The predicted octanol–water partition coefficient (Wildman–Crippen LogP) is 3.68. The van der Waals surface area contributed by atoms with Crippen molar-refractivity contribution in [3.63, 3.8) is 0 Å². The summed E-state index contributed by atoms with van der Waals surface area (Å²) in [4.78, 5) is 12.1. The normalized spacial score (nSPS) is 10.3. The number of nitrogens with one attached hydrogen (secondary N) is 1. The van der Waals surface area contributed by atoms with Crippen LogP contribution in [0.15, 0.2) is 41.5 Å². The minimum absolute atomic E-state index is 0.221. The van der Waals surface area contributed by atoms with Gasteiger partial charge in [-0.1, -0.05) is 5.92 Å². The highest BCUT2D eigenvalue weighted by Gasteiger charge is 2.08. The number of ether oxygens (including phenoxy) is 2. The van der Waals surface area contributed by atoms with E-state index in [1.165, 1.54) is 0 Å². The first-order valence-corrected chi connectivity index (χ1v) is 9.23. The van der Waals surface area contributed by atoms with E-state index in [0.29, 0.717) is 17.1 Å². The second kappa shape index (κ2) is 9.62. The van der Waals surface area contributed by atoms with Crippen LogP contribution in [-0.2, 0) is 0 Å². The van der Waals surface area contributed by atoms with Gasteiger partial charge in [-0.3, -0.25) is 4.79 Å². The molecule has 2 aromatic rings. The first-order chi connectivity index (χ1) is 12.0. The lowest BCUT2D eigenvalue weighted by Gasteiger charge is -2.06. The lowest BCUT2D eigenvalue weighted by atomic mass is 10.2. The van der Waals surface area contributed by atoms with E-state index in [9.17, 15) is 4.79 Å². The maximum Gasteiger partial charge on any atom is 0.271 e. The molecule has 7 heteroatoms. The van der Waals surface area contributed by atoms with E-state index in [-0.39, 0.29) is 12.5 Å². The van der Waals surface area contributed by atoms with Gasteiger partial charge in [-0.15, -0.1) is 6.42 Å². The molecule has 0 saturated heterocycles. The number of halogens is 2. The first-order valence-electron chi connectivity index (χ1n) is 7.08. The first kappa shape index (κ1) is 19.5. The van der Waals surface area contributed by atoms with Crippen LogP contribution in [0.4, 0.5) is 0 Å². The second-order valence-corrected chi connectivity index (χ2v) is 7.06. The predicted molar refractivity (Wildman–Crippen MR) is 114 cm³/mol. The number of rotatable bonds is 6. The lowest BCUT2D eigenvalue weighted by molar-refractivity contribution is 0.0954. The van der Waals surface area contributed by atoms with E-state index in [1.807, 2.05) is 24.3 Å². The highest BCUT2D eigenvalue weighted by Crippen LogP contribution is 2.22. The average molecular weight is 560 g/mol. The zero-order valence-corrected chi connectivity index (χ0v) is 17.6. The van der Waals surface area contributed by atoms with Crippen LogP contribution < -0.4 is 14.9 Å². The number of carbonyl (C=O) groups excluding carboxylic acids is 1. The molecule has 2 aromatic carbocycles. The van der Waals surface area contributed by atoms with E-state index in [0.717, 1.165) is 12.7 Å². The Bertz CT molecular complexity index is 845. The highest BCUT2D eigenvalue weighted by molar-refractivity contribution is 14.1. The summed E-state index contributed by atoms with van der Waals surface area (Å²) in [6, 6.07) is 10.7. The van der Waals surface area contributed by atoms with Gasteiger partial charge in [-0.25, -0.2) is 5.43 Å². The van der Waals surface area contributed by atoms with Gasteiger partial charge >= 0.3 is 0 Å². The third kappa shape index (κ3) is 5.61.